The van der Waals surface area contributed by atoms with Gasteiger partial charge in [-0.05, 0) is 84.1 Å². The van der Waals surface area contributed by atoms with E-state index in [0.29, 0.717) is 12.2 Å². The smallest absolute Gasteiger partial charge is 0.0824 e. The van der Waals surface area contributed by atoms with Crippen molar-refractivity contribution in [1.82, 2.24) is 20.0 Å². The van der Waals surface area contributed by atoms with Crippen molar-refractivity contribution < 1.29 is 28.4 Å². The van der Waals surface area contributed by atoms with Crippen molar-refractivity contribution in [2.24, 2.45) is 5.92 Å². The summed E-state index contributed by atoms with van der Waals surface area (Å²) in [5.41, 5.74) is 0. The van der Waals surface area contributed by atoms with Gasteiger partial charge in [0.15, 0.2) is 0 Å². The van der Waals surface area contributed by atoms with Crippen LogP contribution in [0.25, 0.3) is 0 Å². The number of likely N-dealkylation sites (tertiary alicyclic amines) is 3. The van der Waals surface area contributed by atoms with Crippen molar-refractivity contribution in [2.45, 2.75) is 84.3 Å². The first kappa shape index (κ1) is 46.7. The Kier molecular flexibility index (Phi) is 37.8. The lowest BCUT2D eigenvalue weighted by molar-refractivity contribution is -0.0155. The van der Waals surface area contributed by atoms with Crippen LogP contribution < -0.4 is 5.32 Å². The molecule has 4 aliphatic heterocycles. The van der Waals surface area contributed by atoms with Crippen molar-refractivity contribution in [2.75, 3.05) is 142 Å². The quantitative estimate of drug-likeness (QED) is 0.272. The highest BCUT2D eigenvalue weighted by molar-refractivity contribution is 4.76. The molecule has 45 heavy (non-hydrogen) atoms. The number of nitrogens with zero attached hydrogens (tertiary/aromatic N) is 3. The summed E-state index contributed by atoms with van der Waals surface area (Å²) >= 11 is 0. The number of hydrogen-bond donors (Lipinski definition) is 1. The maximum atomic E-state index is 5.01. The molecule has 10 nitrogen and oxygen atoms in total. The molecule has 0 amide bonds. The molecule has 0 saturated carbocycles. The van der Waals surface area contributed by atoms with Crippen LogP contribution in [0.4, 0.5) is 0 Å². The Morgan fingerprint density at radius 2 is 1.07 bits per heavy atom. The molecular formula is C35H78N4O6. The highest BCUT2D eigenvalue weighted by atomic mass is 16.5. The predicted molar refractivity (Wildman–Crippen MR) is 190 cm³/mol. The summed E-state index contributed by atoms with van der Waals surface area (Å²) in [5.74, 6) is 0.824. The van der Waals surface area contributed by atoms with Gasteiger partial charge >= 0.3 is 0 Å². The van der Waals surface area contributed by atoms with Crippen LogP contribution in [0.2, 0.25) is 0 Å². The van der Waals surface area contributed by atoms with Gasteiger partial charge in [0.1, 0.15) is 0 Å². The van der Waals surface area contributed by atoms with E-state index in [4.69, 9.17) is 28.4 Å². The van der Waals surface area contributed by atoms with Gasteiger partial charge in [0.2, 0.25) is 0 Å². The number of ether oxygens (including phenoxy) is 6. The number of rotatable bonds is 14. The molecule has 0 aromatic rings. The van der Waals surface area contributed by atoms with Crippen LogP contribution in [-0.4, -0.2) is 168 Å². The van der Waals surface area contributed by atoms with Gasteiger partial charge in [-0.1, -0.05) is 27.2 Å². The molecule has 4 saturated heterocycles. The summed E-state index contributed by atoms with van der Waals surface area (Å²) in [4.78, 5) is 7.16. The molecule has 0 atom stereocenters. The molecule has 0 aliphatic carbocycles. The van der Waals surface area contributed by atoms with Crippen molar-refractivity contribution in [1.29, 1.82) is 0 Å². The maximum Gasteiger partial charge on any atom is 0.0824 e. The molecule has 274 valence electrons. The zero-order chi connectivity index (χ0) is 34.0. The third-order valence-corrected chi connectivity index (χ3v) is 7.85. The van der Waals surface area contributed by atoms with Gasteiger partial charge in [0, 0.05) is 95.1 Å². The second-order valence-electron chi connectivity index (χ2n) is 12.6. The first-order valence-electron chi connectivity index (χ1n) is 17.7. The molecule has 0 spiro atoms. The summed E-state index contributed by atoms with van der Waals surface area (Å²) in [6.07, 6.45) is 11.6. The summed E-state index contributed by atoms with van der Waals surface area (Å²) in [5, 5.41) is 3.09. The van der Waals surface area contributed by atoms with Gasteiger partial charge < -0.3 is 48.4 Å². The van der Waals surface area contributed by atoms with E-state index in [1.165, 1.54) is 71.1 Å². The monoisotopic (exact) mass is 651 g/mol. The fraction of sp³-hybridized carbons (Fsp3) is 1.00. The van der Waals surface area contributed by atoms with Crippen LogP contribution >= 0.6 is 0 Å². The lowest BCUT2D eigenvalue weighted by Gasteiger charge is -2.34. The molecule has 4 heterocycles. The molecule has 4 rings (SSSR count). The largest absolute Gasteiger partial charge is 0.385 e. The summed E-state index contributed by atoms with van der Waals surface area (Å²) < 4.78 is 29.5. The Bertz CT molecular complexity index is 537. The van der Waals surface area contributed by atoms with Crippen LogP contribution in [0.3, 0.4) is 0 Å². The molecular weight excluding hydrogens is 572 g/mol. The molecule has 0 unspecified atom stereocenters. The predicted octanol–water partition coefficient (Wildman–Crippen LogP) is 4.51. The van der Waals surface area contributed by atoms with E-state index in [0.717, 1.165) is 78.0 Å². The fourth-order valence-electron chi connectivity index (χ4n) is 4.69. The minimum Gasteiger partial charge on any atom is -0.385 e. The Hall–Kier alpha value is -0.400. The van der Waals surface area contributed by atoms with Crippen molar-refractivity contribution in [3.63, 3.8) is 0 Å². The Morgan fingerprint density at radius 1 is 0.622 bits per heavy atom. The van der Waals surface area contributed by atoms with Crippen LogP contribution in [0, 0.1) is 5.92 Å². The van der Waals surface area contributed by atoms with Crippen LogP contribution in [0.1, 0.15) is 72.1 Å². The second-order valence-corrected chi connectivity index (χ2v) is 12.6. The molecule has 0 radical (unpaired) electrons. The van der Waals surface area contributed by atoms with Crippen molar-refractivity contribution in [3.05, 3.63) is 0 Å². The molecule has 4 aliphatic rings. The van der Waals surface area contributed by atoms with E-state index in [-0.39, 0.29) is 0 Å². The average molecular weight is 651 g/mol. The van der Waals surface area contributed by atoms with Gasteiger partial charge in [-0.3, -0.25) is 0 Å². The van der Waals surface area contributed by atoms with E-state index < -0.39 is 0 Å². The Labute approximate surface area is 280 Å². The van der Waals surface area contributed by atoms with Crippen molar-refractivity contribution in [3.8, 4) is 0 Å². The lowest BCUT2D eigenvalue weighted by Crippen LogP contribution is -2.48. The fourth-order valence-corrected chi connectivity index (χ4v) is 4.69. The standard InChI is InChI=1S/C8H17NO.C7H15NO.C7H16O.C5H11NO.C4H9NO.C4H10O/c1-10-8-7-9-5-3-2-4-6-9;1-9-7-6-8-4-2-3-5-8;1-7(2)5-4-6-8-3;1-6-3-5(4-6)7-2;1-6-4-2-5-3-4;1-3-4-5-2/h2-8H2,1H3;2-7H2,1H3;7H,4-6H2,1-3H3;5H,3-4H2,1-2H3;4-5H,2-3H2,1H3;3-4H2,1-2H3. The number of methoxy groups -OCH3 is 6. The highest BCUT2D eigenvalue weighted by Crippen LogP contribution is 2.08. The maximum absolute atomic E-state index is 5.01. The van der Waals surface area contributed by atoms with Gasteiger partial charge in [0.25, 0.3) is 0 Å². The minimum absolute atomic E-state index is 0.505. The summed E-state index contributed by atoms with van der Waals surface area (Å²) in [6, 6.07) is 0. The molecule has 0 aromatic heterocycles. The topological polar surface area (TPSA) is 77.1 Å². The van der Waals surface area contributed by atoms with E-state index in [1.807, 2.05) is 0 Å². The van der Waals surface area contributed by atoms with E-state index in [9.17, 15) is 0 Å². The van der Waals surface area contributed by atoms with E-state index in [1.54, 1.807) is 42.7 Å². The lowest BCUT2D eigenvalue weighted by atomic mass is 10.1. The van der Waals surface area contributed by atoms with Gasteiger partial charge in [-0.25, -0.2) is 0 Å². The molecule has 0 aromatic carbocycles. The third-order valence-electron chi connectivity index (χ3n) is 7.85. The Balaban J connectivity index is 0. The minimum atomic E-state index is 0.505. The molecule has 4 fully saturated rings. The first-order chi connectivity index (χ1) is 21.8. The van der Waals surface area contributed by atoms with Crippen molar-refractivity contribution >= 4 is 0 Å². The first-order valence-corrected chi connectivity index (χ1v) is 17.7. The highest BCUT2D eigenvalue weighted by Gasteiger charge is 2.21. The van der Waals surface area contributed by atoms with Gasteiger partial charge in [0.05, 0.1) is 25.4 Å². The van der Waals surface area contributed by atoms with Crippen LogP contribution in [0.5, 0.6) is 0 Å². The van der Waals surface area contributed by atoms with Gasteiger partial charge in [-0.15, -0.1) is 0 Å². The summed E-state index contributed by atoms with van der Waals surface area (Å²) in [7, 11) is 12.6. The molecule has 10 heteroatoms. The zero-order valence-electron chi connectivity index (χ0n) is 31.6. The zero-order valence-corrected chi connectivity index (χ0v) is 31.6. The van der Waals surface area contributed by atoms with E-state index >= 15 is 0 Å². The second kappa shape index (κ2) is 36.4. The van der Waals surface area contributed by atoms with Gasteiger partial charge in [-0.2, -0.15) is 0 Å². The Morgan fingerprint density at radius 3 is 1.31 bits per heavy atom. The number of hydrogen-bond acceptors (Lipinski definition) is 10. The molecule has 1 N–H and O–H groups in total. The van der Waals surface area contributed by atoms with Crippen LogP contribution in [0.15, 0.2) is 0 Å². The summed E-state index contributed by atoms with van der Waals surface area (Å²) in [6.45, 7) is 21.8. The van der Waals surface area contributed by atoms with Crippen LogP contribution in [-0.2, 0) is 28.4 Å². The normalized spacial score (nSPS) is 18.7. The van der Waals surface area contributed by atoms with E-state index in [2.05, 4.69) is 47.8 Å². The molecule has 0 bridgehead atoms. The number of likely N-dealkylation sites (N-methyl/N-ethyl adjacent to an activating group) is 1. The third kappa shape index (κ3) is 33.3. The average Bonchev–Trinajstić information content (AvgIpc) is 3.53. The number of piperidine rings is 1. The number of nitrogens with one attached hydrogen (secondary N) is 1. The SMILES string of the molecule is CCCOC.COC1CN(C)C1.COC1CNC1.COCCCC(C)C.COCCN1CCCC1.COCCN1CCCCC1.